The van der Waals surface area contributed by atoms with Gasteiger partial charge in [0.1, 0.15) is 17.1 Å². The van der Waals surface area contributed by atoms with Crippen LogP contribution in [0, 0.1) is 11.0 Å². The number of fused-ring (bicyclic) bond motifs is 1. The number of carbonyl (C=O) groups excluding carboxylic acids is 2. The van der Waals surface area contributed by atoms with Gasteiger partial charge in [-0.3, -0.25) is 9.59 Å². The van der Waals surface area contributed by atoms with Crippen molar-refractivity contribution in [3.63, 3.8) is 0 Å². The second-order valence-corrected chi connectivity index (χ2v) is 5.56. The first-order chi connectivity index (χ1) is 12.0. The third-order valence-electron chi connectivity index (χ3n) is 3.79. The van der Waals surface area contributed by atoms with Crippen molar-refractivity contribution in [2.45, 2.75) is 6.54 Å². The summed E-state index contributed by atoms with van der Waals surface area (Å²) >= 11 is 0. The quantitative estimate of drug-likeness (QED) is 0.650. The fourth-order valence-corrected chi connectivity index (χ4v) is 2.54. The molecule has 0 saturated heterocycles. The maximum absolute atomic E-state index is 13.4. The Hall–Kier alpha value is -3.16. The fraction of sp³-hybridized carbons (Fsp3) is 0.235. The zero-order chi connectivity index (χ0) is 17.8. The number of pyridine rings is 1. The van der Waals surface area contributed by atoms with Gasteiger partial charge in [0, 0.05) is 31.3 Å². The number of nitrogens with one attached hydrogen (secondary N) is 1. The molecule has 2 heterocycles. The van der Waals surface area contributed by atoms with E-state index in [0.717, 1.165) is 0 Å². The lowest BCUT2D eigenvalue weighted by Crippen LogP contribution is -2.39. The van der Waals surface area contributed by atoms with E-state index in [2.05, 4.69) is 5.32 Å². The highest BCUT2D eigenvalue weighted by molar-refractivity contribution is 5.93. The summed E-state index contributed by atoms with van der Waals surface area (Å²) in [4.78, 5) is 25.6. The number of ether oxygens (including phenoxy) is 1. The molecule has 0 radical (unpaired) electrons. The third-order valence-corrected chi connectivity index (χ3v) is 3.79. The van der Waals surface area contributed by atoms with Crippen molar-refractivity contribution in [3.05, 3.63) is 64.9 Å². The van der Waals surface area contributed by atoms with Gasteiger partial charge in [0.15, 0.2) is 19.0 Å². The molecule has 1 aliphatic rings. The standard InChI is InChI=1S/C17H16FN3O4/c18-14-3-4-15-13(8-14)9-20(16(22)11-25-15)7-5-19-17(23)12-2-1-6-21(24)10-12/h1-4,6,8,10H,5,7,9,11H2,(H,19,23). The molecule has 0 fully saturated rings. The Bertz CT molecular complexity index is 812. The van der Waals surface area contributed by atoms with Gasteiger partial charge in [-0.1, -0.05) is 0 Å². The summed E-state index contributed by atoms with van der Waals surface area (Å²) < 4.78 is 19.3. The number of aromatic nitrogens is 1. The molecule has 7 nitrogen and oxygen atoms in total. The third kappa shape index (κ3) is 4.03. The lowest BCUT2D eigenvalue weighted by atomic mass is 10.2. The molecular formula is C17H16FN3O4. The van der Waals surface area contributed by atoms with Gasteiger partial charge < -0.3 is 20.2 Å². The minimum atomic E-state index is -0.407. The largest absolute Gasteiger partial charge is 0.619 e. The van der Waals surface area contributed by atoms with E-state index in [4.69, 9.17) is 4.74 Å². The summed E-state index contributed by atoms with van der Waals surface area (Å²) in [7, 11) is 0. The van der Waals surface area contributed by atoms with E-state index in [1.165, 1.54) is 47.6 Å². The van der Waals surface area contributed by atoms with Gasteiger partial charge in [-0.25, -0.2) is 4.39 Å². The van der Waals surface area contributed by atoms with Gasteiger partial charge in [0.2, 0.25) is 0 Å². The van der Waals surface area contributed by atoms with Crippen LogP contribution in [-0.4, -0.2) is 36.4 Å². The Morgan fingerprint density at radius 3 is 3.04 bits per heavy atom. The topological polar surface area (TPSA) is 85.6 Å². The van der Waals surface area contributed by atoms with Crippen LogP contribution in [0.25, 0.3) is 0 Å². The Morgan fingerprint density at radius 1 is 1.40 bits per heavy atom. The Kier molecular flexibility index (Phi) is 4.78. The average molecular weight is 345 g/mol. The van der Waals surface area contributed by atoms with E-state index in [0.29, 0.717) is 16.0 Å². The molecule has 0 unspecified atom stereocenters. The molecule has 0 saturated carbocycles. The van der Waals surface area contributed by atoms with E-state index in [1.807, 2.05) is 0 Å². The molecule has 2 amide bonds. The van der Waals surface area contributed by atoms with Gasteiger partial charge >= 0.3 is 0 Å². The van der Waals surface area contributed by atoms with Crippen LogP contribution < -0.4 is 14.8 Å². The van der Waals surface area contributed by atoms with Crippen molar-refractivity contribution in [2.75, 3.05) is 19.7 Å². The summed E-state index contributed by atoms with van der Waals surface area (Å²) in [6, 6.07) is 7.10. The summed E-state index contributed by atoms with van der Waals surface area (Å²) in [6.07, 6.45) is 2.45. The minimum absolute atomic E-state index is 0.137. The van der Waals surface area contributed by atoms with Gasteiger partial charge in [0.05, 0.1) is 0 Å². The van der Waals surface area contributed by atoms with Gasteiger partial charge in [0.25, 0.3) is 11.8 Å². The number of hydrogen-bond acceptors (Lipinski definition) is 4. The highest BCUT2D eigenvalue weighted by atomic mass is 19.1. The molecule has 3 rings (SSSR count). The number of nitrogens with zero attached hydrogens (tertiary/aromatic N) is 2. The molecule has 0 atom stereocenters. The SMILES string of the molecule is O=C(NCCN1Cc2cc(F)ccc2OCC1=O)c1ccc[n+]([O-])c1. The van der Waals surface area contributed by atoms with Crippen LogP contribution in [0.15, 0.2) is 42.7 Å². The summed E-state index contributed by atoms with van der Waals surface area (Å²) in [5.74, 6) is -0.580. The molecule has 0 bridgehead atoms. The molecule has 25 heavy (non-hydrogen) atoms. The van der Waals surface area contributed by atoms with Crippen molar-refractivity contribution in [3.8, 4) is 5.75 Å². The smallest absolute Gasteiger partial charge is 0.260 e. The van der Waals surface area contributed by atoms with Crippen LogP contribution in [0.1, 0.15) is 15.9 Å². The number of hydrogen-bond donors (Lipinski definition) is 1. The van der Waals surface area contributed by atoms with Crippen molar-refractivity contribution in [1.82, 2.24) is 10.2 Å². The number of carbonyl (C=O) groups is 2. The predicted molar refractivity (Wildman–Crippen MR) is 85.0 cm³/mol. The Balaban J connectivity index is 1.60. The van der Waals surface area contributed by atoms with Gasteiger partial charge in [-0.2, -0.15) is 4.73 Å². The fourth-order valence-electron chi connectivity index (χ4n) is 2.54. The Labute approximate surface area is 143 Å². The molecule has 0 aliphatic carbocycles. The van der Waals surface area contributed by atoms with Crippen LogP contribution in [-0.2, 0) is 11.3 Å². The lowest BCUT2D eigenvalue weighted by Gasteiger charge is -2.20. The summed E-state index contributed by atoms with van der Waals surface area (Å²) in [6.45, 7) is 0.506. The number of benzene rings is 1. The zero-order valence-electron chi connectivity index (χ0n) is 13.3. The maximum atomic E-state index is 13.4. The summed E-state index contributed by atoms with van der Waals surface area (Å²) in [5, 5.41) is 13.8. The van der Waals surface area contributed by atoms with Crippen LogP contribution in [0.3, 0.4) is 0 Å². The number of halogens is 1. The molecular weight excluding hydrogens is 329 g/mol. The lowest BCUT2D eigenvalue weighted by molar-refractivity contribution is -0.605. The molecule has 0 spiro atoms. The second kappa shape index (κ2) is 7.16. The van der Waals surface area contributed by atoms with E-state index < -0.39 is 11.7 Å². The van der Waals surface area contributed by atoms with E-state index in [-0.39, 0.29) is 37.7 Å². The molecule has 1 aromatic carbocycles. The number of amides is 2. The monoisotopic (exact) mass is 345 g/mol. The highest BCUT2D eigenvalue weighted by Crippen LogP contribution is 2.24. The number of rotatable bonds is 4. The Morgan fingerprint density at radius 2 is 2.24 bits per heavy atom. The van der Waals surface area contributed by atoms with Crippen molar-refractivity contribution >= 4 is 11.8 Å². The predicted octanol–water partition coefficient (Wildman–Crippen LogP) is 0.610. The van der Waals surface area contributed by atoms with Crippen molar-refractivity contribution in [2.24, 2.45) is 0 Å². The van der Waals surface area contributed by atoms with Crippen molar-refractivity contribution in [1.29, 1.82) is 0 Å². The summed E-state index contributed by atoms with van der Waals surface area (Å²) in [5.41, 5.74) is 0.808. The minimum Gasteiger partial charge on any atom is -0.619 e. The van der Waals surface area contributed by atoms with E-state index in [1.54, 1.807) is 0 Å². The molecule has 1 aliphatic heterocycles. The van der Waals surface area contributed by atoms with Crippen LogP contribution in [0.5, 0.6) is 5.75 Å². The molecule has 2 aromatic rings. The van der Waals surface area contributed by atoms with E-state index in [9.17, 15) is 19.2 Å². The highest BCUT2D eigenvalue weighted by Gasteiger charge is 2.22. The molecule has 8 heteroatoms. The van der Waals surface area contributed by atoms with Crippen LogP contribution in [0.4, 0.5) is 4.39 Å². The first-order valence-electron chi connectivity index (χ1n) is 7.69. The zero-order valence-corrected chi connectivity index (χ0v) is 13.3. The first-order valence-corrected chi connectivity index (χ1v) is 7.69. The van der Waals surface area contributed by atoms with Gasteiger partial charge in [-0.05, 0) is 24.3 Å². The normalized spacial score (nSPS) is 13.6. The van der Waals surface area contributed by atoms with Gasteiger partial charge in [-0.15, -0.1) is 0 Å². The first kappa shape index (κ1) is 16.7. The molecule has 1 N–H and O–H groups in total. The average Bonchev–Trinajstić information content (AvgIpc) is 2.74. The molecule has 1 aromatic heterocycles. The molecule has 130 valence electrons. The van der Waals surface area contributed by atoms with Crippen LogP contribution >= 0.6 is 0 Å². The maximum Gasteiger partial charge on any atom is 0.260 e. The second-order valence-electron chi connectivity index (χ2n) is 5.56. The van der Waals surface area contributed by atoms with Crippen molar-refractivity contribution < 1.29 is 23.4 Å². The van der Waals surface area contributed by atoms with Crippen LogP contribution in [0.2, 0.25) is 0 Å². The van der Waals surface area contributed by atoms with E-state index >= 15 is 0 Å².